The minimum absolute atomic E-state index is 0.134. The van der Waals surface area contributed by atoms with Crippen LogP contribution in [-0.2, 0) is 0 Å². The van der Waals surface area contributed by atoms with Gasteiger partial charge in [0.15, 0.2) is 0 Å². The lowest BCUT2D eigenvalue weighted by Crippen LogP contribution is -2.53. The second-order valence-electron chi connectivity index (χ2n) is 7.17. The second kappa shape index (κ2) is 4.55. The lowest BCUT2D eigenvalue weighted by molar-refractivity contribution is 0.140. The number of hydrogen-bond donors (Lipinski definition) is 1. The summed E-state index contributed by atoms with van der Waals surface area (Å²) < 4.78 is 0. The van der Waals surface area contributed by atoms with E-state index in [9.17, 15) is 0 Å². The van der Waals surface area contributed by atoms with Crippen molar-refractivity contribution in [2.24, 2.45) is 17.6 Å². The maximum atomic E-state index is 6.67. The van der Waals surface area contributed by atoms with Gasteiger partial charge >= 0.3 is 0 Å². The molecule has 3 saturated carbocycles. The monoisotopic (exact) mass is 236 g/mol. The molecule has 0 heterocycles. The van der Waals surface area contributed by atoms with Crippen LogP contribution in [-0.4, -0.2) is 29.6 Å². The van der Waals surface area contributed by atoms with Crippen LogP contribution in [0.2, 0.25) is 0 Å². The maximum absolute atomic E-state index is 6.67. The smallest absolute Gasteiger partial charge is 0.0286 e. The molecule has 0 aromatic heterocycles. The minimum atomic E-state index is 0.134. The summed E-state index contributed by atoms with van der Waals surface area (Å²) in [6, 6.07) is 0.897. The summed E-state index contributed by atoms with van der Waals surface area (Å²) in [7, 11) is 0. The molecule has 0 aromatic carbocycles. The van der Waals surface area contributed by atoms with Crippen LogP contribution in [0.4, 0.5) is 0 Å². The summed E-state index contributed by atoms with van der Waals surface area (Å²) in [6.45, 7) is 4.90. The second-order valence-corrected chi connectivity index (χ2v) is 7.17. The number of nitrogens with two attached hydrogens (primary N) is 1. The summed E-state index contributed by atoms with van der Waals surface area (Å²) in [5.41, 5.74) is 6.80. The molecule has 0 radical (unpaired) electrons. The Morgan fingerprint density at radius 1 is 1.18 bits per heavy atom. The van der Waals surface area contributed by atoms with Crippen molar-refractivity contribution in [3.63, 3.8) is 0 Å². The first-order valence-corrected chi connectivity index (χ1v) is 7.68. The highest BCUT2D eigenvalue weighted by atomic mass is 15.2. The van der Waals surface area contributed by atoms with E-state index in [1.54, 1.807) is 0 Å². The molecule has 3 aliphatic rings. The molecule has 2 unspecified atom stereocenters. The summed E-state index contributed by atoms with van der Waals surface area (Å²) in [5.74, 6) is 1.86. The molecule has 0 spiro atoms. The van der Waals surface area contributed by atoms with Crippen molar-refractivity contribution in [1.29, 1.82) is 0 Å². The predicted octanol–water partition coefficient (Wildman–Crippen LogP) is 2.77. The van der Waals surface area contributed by atoms with Crippen LogP contribution in [0.5, 0.6) is 0 Å². The van der Waals surface area contributed by atoms with Crippen LogP contribution in [0.1, 0.15) is 58.3 Å². The maximum Gasteiger partial charge on any atom is 0.0286 e. The molecular formula is C15H28N2. The SMILES string of the molecule is CC1CCCC(N)(CN(CC2CC2)C2CC2)C1. The highest BCUT2D eigenvalue weighted by Crippen LogP contribution is 2.38. The molecule has 98 valence electrons. The highest BCUT2D eigenvalue weighted by Gasteiger charge is 2.39. The van der Waals surface area contributed by atoms with Gasteiger partial charge in [-0.2, -0.15) is 0 Å². The van der Waals surface area contributed by atoms with Crippen LogP contribution >= 0.6 is 0 Å². The van der Waals surface area contributed by atoms with Crippen LogP contribution in [0.3, 0.4) is 0 Å². The Morgan fingerprint density at radius 3 is 2.53 bits per heavy atom. The Morgan fingerprint density at radius 2 is 1.94 bits per heavy atom. The Labute approximate surface area is 106 Å². The molecule has 0 saturated heterocycles. The van der Waals surface area contributed by atoms with Gasteiger partial charge in [-0.1, -0.05) is 19.8 Å². The Balaban J connectivity index is 1.57. The Bertz CT molecular complexity index is 270. The van der Waals surface area contributed by atoms with Crippen molar-refractivity contribution < 1.29 is 0 Å². The molecule has 3 aliphatic carbocycles. The molecule has 2 nitrogen and oxygen atoms in total. The number of hydrogen-bond acceptors (Lipinski definition) is 2. The van der Waals surface area contributed by atoms with E-state index in [2.05, 4.69) is 11.8 Å². The Kier molecular flexibility index (Phi) is 3.20. The molecule has 0 bridgehead atoms. The summed E-state index contributed by atoms with van der Waals surface area (Å²) in [5, 5.41) is 0. The van der Waals surface area contributed by atoms with Gasteiger partial charge in [0.25, 0.3) is 0 Å². The molecule has 3 fully saturated rings. The molecule has 3 rings (SSSR count). The molecule has 2 heteroatoms. The van der Waals surface area contributed by atoms with Gasteiger partial charge in [-0.15, -0.1) is 0 Å². The molecule has 2 atom stereocenters. The zero-order chi connectivity index (χ0) is 11.9. The Hall–Kier alpha value is -0.0800. The quantitative estimate of drug-likeness (QED) is 0.795. The third kappa shape index (κ3) is 3.23. The standard InChI is InChI=1S/C15H28N2/c1-12-3-2-8-15(16,9-12)11-17(14-6-7-14)10-13-4-5-13/h12-14H,2-11,16H2,1H3. The van der Waals surface area contributed by atoms with E-state index in [0.29, 0.717) is 0 Å². The molecule has 0 aromatic rings. The van der Waals surface area contributed by atoms with Crippen molar-refractivity contribution in [2.75, 3.05) is 13.1 Å². The van der Waals surface area contributed by atoms with Crippen molar-refractivity contribution >= 4 is 0 Å². The lowest BCUT2D eigenvalue weighted by atomic mass is 9.76. The van der Waals surface area contributed by atoms with Gasteiger partial charge in [-0.25, -0.2) is 0 Å². The van der Waals surface area contributed by atoms with Gasteiger partial charge in [0.1, 0.15) is 0 Å². The van der Waals surface area contributed by atoms with Crippen molar-refractivity contribution in [3.8, 4) is 0 Å². The van der Waals surface area contributed by atoms with Crippen molar-refractivity contribution in [1.82, 2.24) is 4.90 Å². The predicted molar refractivity (Wildman–Crippen MR) is 71.9 cm³/mol. The molecule has 17 heavy (non-hydrogen) atoms. The third-order valence-electron chi connectivity index (χ3n) is 4.90. The van der Waals surface area contributed by atoms with Gasteiger partial charge in [-0.3, -0.25) is 4.90 Å². The van der Waals surface area contributed by atoms with Crippen LogP contribution in [0, 0.1) is 11.8 Å². The zero-order valence-electron chi connectivity index (χ0n) is 11.3. The van der Waals surface area contributed by atoms with E-state index in [1.165, 1.54) is 64.5 Å². The summed E-state index contributed by atoms with van der Waals surface area (Å²) in [4.78, 5) is 2.75. The van der Waals surface area contributed by atoms with Crippen LogP contribution in [0.15, 0.2) is 0 Å². The fourth-order valence-electron chi connectivity index (χ4n) is 3.66. The van der Waals surface area contributed by atoms with Gasteiger partial charge in [-0.05, 0) is 50.4 Å². The third-order valence-corrected chi connectivity index (χ3v) is 4.90. The normalized spacial score (nSPS) is 38.6. The van der Waals surface area contributed by atoms with Crippen LogP contribution < -0.4 is 5.73 Å². The number of rotatable bonds is 5. The van der Waals surface area contributed by atoms with Crippen LogP contribution in [0.25, 0.3) is 0 Å². The van der Waals surface area contributed by atoms with E-state index >= 15 is 0 Å². The first kappa shape index (κ1) is 12.0. The van der Waals surface area contributed by atoms with Crippen molar-refractivity contribution in [3.05, 3.63) is 0 Å². The van der Waals surface area contributed by atoms with E-state index in [0.717, 1.165) is 17.9 Å². The highest BCUT2D eigenvalue weighted by molar-refractivity contribution is 4.97. The fraction of sp³-hybridized carbons (Fsp3) is 1.00. The average Bonchev–Trinajstić information content (AvgIpc) is 3.12. The summed E-state index contributed by atoms with van der Waals surface area (Å²) in [6.07, 6.45) is 11.0. The first-order valence-electron chi connectivity index (χ1n) is 7.68. The van der Waals surface area contributed by atoms with Crippen molar-refractivity contribution in [2.45, 2.75) is 69.9 Å². The van der Waals surface area contributed by atoms with E-state index < -0.39 is 0 Å². The minimum Gasteiger partial charge on any atom is -0.324 e. The van der Waals surface area contributed by atoms with Gasteiger partial charge in [0.2, 0.25) is 0 Å². The fourth-order valence-corrected chi connectivity index (χ4v) is 3.66. The molecule has 2 N–H and O–H groups in total. The molecule has 0 aliphatic heterocycles. The molecular weight excluding hydrogens is 208 g/mol. The van der Waals surface area contributed by atoms with Gasteiger partial charge < -0.3 is 5.73 Å². The first-order chi connectivity index (χ1) is 8.15. The van der Waals surface area contributed by atoms with Gasteiger partial charge in [0.05, 0.1) is 0 Å². The molecule has 0 amide bonds. The largest absolute Gasteiger partial charge is 0.324 e. The lowest BCUT2D eigenvalue weighted by Gasteiger charge is -2.40. The number of nitrogens with zero attached hydrogens (tertiary/aromatic N) is 1. The van der Waals surface area contributed by atoms with Gasteiger partial charge in [0, 0.05) is 24.7 Å². The van der Waals surface area contributed by atoms with E-state index in [4.69, 9.17) is 5.73 Å². The van der Waals surface area contributed by atoms with E-state index in [-0.39, 0.29) is 5.54 Å². The topological polar surface area (TPSA) is 29.3 Å². The zero-order valence-corrected chi connectivity index (χ0v) is 11.3. The van der Waals surface area contributed by atoms with E-state index in [1.807, 2.05) is 0 Å². The average molecular weight is 236 g/mol. The summed E-state index contributed by atoms with van der Waals surface area (Å²) >= 11 is 0.